The number of rotatable bonds is 3. The minimum absolute atomic E-state index is 0. The molecule has 0 aromatic heterocycles. The molecule has 0 amide bonds. The predicted molar refractivity (Wildman–Crippen MR) is 66.4 cm³/mol. The maximum Gasteiger partial charge on any atom is 0.161 e. The highest BCUT2D eigenvalue weighted by Crippen LogP contribution is 2.32. The Morgan fingerprint density at radius 3 is 2.69 bits per heavy atom. The zero-order valence-corrected chi connectivity index (χ0v) is 9.83. The molecule has 1 aliphatic rings. The van der Waals surface area contributed by atoms with Gasteiger partial charge in [-0.2, -0.15) is 0 Å². The lowest BCUT2D eigenvalue weighted by atomic mass is 10.0. The Morgan fingerprint density at radius 2 is 2.00 bits per heavy atom. The van der Waals surface area contributed by atoms with Crippen LogP contribution in [0.1, 0.15) is 18.0 Å². The van der Waals surface area contributed by atoms with Crippen LogP contribution in [0.4, 0.5) is 0 Å². The molecule has 0 aliphatic carbocycles. The van der Waals surface area contributed by atoms with Crippen molar-refractivity contribution in [2.24, 2.45) is 5.73 Å². The number of fused-ring (bicyclic) bond motifs is 1. The van der Waals surface area contributed by atoms with Crippen LogP contribution in [0.2, 0.25) is 0 Å². The van der Waals surface area contributed by atoms with Crippen molar-refractivity contribution in [2.75, 3.05) is 13.2 Å². The van der Waals surface area contributed by atoms with Gasteiger partial charge in [-0.25, -0.2) is 0 Å². The third kappa shape index (κ3) is 2.68. The lowest BCUT2D eigenvalue weighted by Crippen LogP contribution is -2.16. The summed E-state index contributed by atoms with van der Waals surface area (Å²) in [6.45, 7) is 4.90. The number of benzene rings is 1. The van der Waals surface area contributed by atoms with E-state index in [9.17, 15) is 0 Å². The molecule has 0 spiro atoms. The molecule has 1 aliphatic heterocycles. The van der Waals surface area contributed by atoms with E-state index in [1.807, 2.05) is 24.3 Å². The summed E-state index contributed by atoms with van der Waals surface area (Å²) in [6, 6.07) is 5.82. The highest BCUT2D eigenvalue weighted by molar-refractivity contribution is 5.85. The first-order valence-corrected chi connectivity index (χ1v) is 5.07. The molecule has 0 bridgehead atoms. The van der Waals surface area contributed by atoms with Crippen LogP contribution in [-0.2, 0) is 0 Å². The van der Waals surface area contributed by atoms with Crippen LogP contribution in [0.15, 0.2) is 30.9 Å². The van der Waals surface area contributed by atoms with Crippen molar-refractivity contribution in [3.63, 3.8) is 0 Å². The fourth-order valence-corrected chi connectivity index (χ4v) is 1.61. The molecule has 0 unspecified atom stereocenters. The standard InChI is InChI=1S/C12H15NO2.ClH/c1-2-3-10(13)9-4-5-11-12(8-9)15-7-6-14-11;/h2,4-5,8,10H,1,3,6-7,13H2;1H/t10-;/m1./s1. The number of nitrogens with two attached hydrogens (primary N) is 1. The number of halogens is 1. The van der Waals surface area contributed by atoms with Gasteiger partial charge in [0.15, 0.2) is 11.5 Å². The lowest BCUT2D eigenvalue weighted by Gasteiger charge is -2.20. The Morgan fingerprint density at radius 1 is 1.31 bits per heavy atom. The second-order valence-corrected chi connectivity index (χ2v) is 3.53. The molecule has 1 heterocycles. The zero-order chi connectivity index (χ0) is 10.7. The van der Waals surface area contributed by atoms with Gasteiger partial charge < -0.3 is 15.2 Å². The van der Waals surface area contributed by atoms with E-state index in [2.05, 4.69) is 6.58 Å². The molecular weight excluding hydrogens is 226 g/mol. The summed E-state index contributed by atoms with van der Waals surface area (Å²) in [6.07, 6.45) is 2.58. The summed E-state index contributed by atoms with van der Waals surface area (Å²) in [4.78, 5) is 0. The second kappa shape index (κ2) is 5.77. The Balaban J connectivity index is 0.00000128. The zero-order valence-electron chi connectivity index (χ0n) is 9.02. The summed E-state index contributed by atoms with van der Waals surface area (Å²) in [5.41, 5.74) is 7.03. The Labute approximate surface area is 102 Å². The van der Waals surface area contributed by atoms with Crippen molar-refractivity contribution in [3.8, 4) is 11.5 Å². The maximum absolute atomic E-state index is 5.97. The molecule has 1 atom stereocenters. The normalized spacial score (nSPS) is 14.8. The van der Waals surface area contributed by atoms with Crippen molar-refractivity contribution >= 4 is 12.4 Å². The van der Waals surface area contributed by atoms with E-state index in [1.165, 1.54) is 0 Å². The lowest BCUT2D eigenvalue weighted by molar-refractivity contribution is 0.171. The second-order valence-electron chi connectivity index (χ2n) is 3.53. The van der Waals surface area contributed by atoms with Gasteiger partial charge in [-0.3, -0.25) is 0 Å². The third-order valence-electron chi connectivity index (χ3n) is 2.41. The SMILES string of the molecule is C=CC[C@@H](N)c1ccc2c(c1)OCCO2.Cl. The van der Waals surface area contributed by atoms with Crippen LogP contribution in [0.3, 0.4) is 0 Å². The van der Waals surface area contributed by atoms with E-state index in [4.69, 9.17) is 15.2 Å². The fraction of sp³-hybridized carbons (Fsp3) is 0.333. The van der Waals surface area contributed by atoms with Crippen molar-refractivity contribution in [3.05, 3.63) is 36.4 Å². The first-order valence-electron chi connectivity index (χ1n) is 5.07. The van der Waals surface area contributed by atoms with E-state index in [0.717, 1.165) is 23.5 Å². The molecule has 4 heteroatoms. The molecule has 2 rings (SSSR count). The number of ether oxygens (including phenoxy) is 2. The molecule has 0 fully saturated rings. The molecule has 88 valence electrons. The molecular formula is C12H16ClNO2. The van der Waals surface area contributed by atoms with Crippen LogP contribution < -0.4 is 15.2 Å². The third-order valence-corrected chi connectivity index (χ3v) is 2.41. The average Bonchev–Trinajstić information content (AvgIpc) is 2.29. The molecule has 0 saturated heterocycles. The van der Waals surface area contributed by atoms with Crippen LogP contribution in [0, 0.1) is 0 Å². The van der Waals surface area contributed by atoms with Gasteiger partial charge >= 0.3 is 0 Å². The number of hydrogen-bond acceptors (Lipinski definition) is 3. The highest BCUT2D eigenvalue weighted by atomic mass is 35.5. The van der Waals surface area contributed by atoms with Crippen LogP contribution >= 0.6 is 12.4 Å². The van der Waals surface area contributed by atoms with E-state index in [0.29, 0.717) is 13.2 Å². The van der Waals surface area contributed by atoms with Gasteiger partial charge in [0.1, 0.15) is 13.2 Å². The summed E-state index contributed by atoms with van der Waals surface area (Å²) in [5, 5.41) is 0. The first kappa shape index (κ1) is 12.9. The van der Waals surface area contributed by atoms with E-state index >= 15 is 0 Å². The highest BCUT2D eigenvalue weighted by Gasteiger charge is 2.13. The van der Waals surface area contributed by atoms with Gasteiger partial charge in [0.2, 0.25) is 0 Å². The molecule has 2 N–H and O–H groups in total. The van der Waals surface area contributed by atoms with Crippen LogP contribution in [0.25, 0.3) is 0 Å². The van der Waals surface area contributed by atoms with Gasteiger partial charge in [0.25, 0.3) is 0 Å². The smallest absolute Gasteiger partial charge is 0.161 e. The van der Waals surface area contributed by atoms with Crippen LogP contribution in [0.5, 0.6) is 11.5 Å². The molecule has 0 saturated carbocycles. The fourth-order valence-electron chi connectivity index (χ4n) is 1.61. The molecule has 0 radical (unpaired) electrons. The quantitative estimate of drug-likeness (QED) is 0.827. The average molecular weight is 242 g/mol. The van der Waals surface area contributed by atoms with Gasteiger partial charge in [-0.05, 0) is 24.1 Å². The van der Waals surface area contributed by atoms with Crippen molar-refractivity contribution < 1.29 is 9.47 Å². The topological polar surface area (TPSA) is 44.5 Å². The van der Waals surface area contributed by atoms with Gasteiger partial charge in [-0.1, -0.05) is 12.1 Å². The Hall–Kier alpha value is -1.19. The maximum atomic E-state index is 5.97. The minimum Gasteiger partial charge on any atom is -0.486 e. The monoisotopic (exact) mass is 241 g/mol. The summed E-state index contributed by atoms with van der Waals surface area (Å²) in [7, 11) is 0. The van der Waals surface area contributed by atoms with E-state index in [1.54, 1.807) is 0 Å². The summed E-state index contributed by atoms with van der Waals surface area (Å²) < 4.78 is 10.9. The largest absolute Gasteiger partial charge is 0.486 e. The van der Waals surface area contributed by atoms with Crippen molar-refractivity contribution in [1.29, 1.82) is 0 Å². The van der Waals surface area contributed by atoms with E-state index in [-0.39, 0.29) is 18.4 Å². The first-order chi connectivity index (χ1) is 7.31. The predicted octanol–water partition coefficient (Wildman–Crippen LogP) is 2.46. The van der Waals surface area contributed by atoms with Gasteiger partial charge in [0, 0.05) is 6.04 Å². The van der Waals surface area contributed by atoms with Gasteiger partial charge in [-0.15, -0.1) is 19.0 Å². The molecule has 1 aromatic rings. The minimum atomic E-state index is -0.0154. The summed E-state index contributed by atoms with van der Waals surface area (Å²) in [5.74, 6) is 1.59. The summed E-state index contributed by atoms with van der Waals surface area (Å²) >= 11 is 0. The van der Waals surface area contributed by atoms with Crippen molar-refractivity contribution in [2.45, 2.75) is 12.5 Å². The molecule has 1 aromatic carbocycles. The van der Waals surface area contributed by atoms with Gasteiger partial charge in [0.05, 0.1) is 0 Å². The molecule has 3 nitrogen and oxygen atoms in total. The Kier molecular flexibility index (Phi) is 4.65. The van der Waals surface area contributed by atoms with Crippen molar-refractivity contribution in [1.82, 2.24) is 0 Å². The molecule has 16 heavy (non-hydrogen) atoms. The van der Waals surface area contributed by atoms with Crippen LogP contribution in [-0.4, -0.2) is 13.2 Å². The van der Waals surface area contributed by atoms with E-state index < -0.39 is 0 Å². The number of hydrogen-bond donors (Lipinski definition) is 1. The Bertz CT molecular complexity index is 368.